The predicted octanol–water partition coefficient (Wildman–Crippen LogP) is 2.19. The minimum absolute atomic E-state index is 0.0925. The number of ketones is 1. The summed E-state index contributed by atoms with van der Waals surface area (Å²) in [5, 5.41) is 0. The minimum Gasteiger partial charge on any atom is -0.456 e. The maximum Gasteiger partial charge on any atom is 0.384 e. The Morgan fingerprint density at radius 2 is 1.82 bits per heavy atom. The molecule has 1 aromatic rings. The van der Waals surface area contributed by atoms with Crippen molar-refractivity contribution >= 4 is 11.8 Å². The standard InChI is InChI=1S/C14H14O3/c1-3-13(15)12-8-5-11(6-9-12)7-10-14(16)17-4-2/h5-6,8-9H,3-4H2,1-2H3. The summed E-state index contributed by atoms with van der Waals surface area (Å²) in [6.45, 7) is 3.86. The van der Waals surface area contributed by atoms with Crippen LogP contribution in [0.15, 0.2) is 24.3 Å². The zero-order valence-electron chi connectivity index (χ0n) is 9.95. The van der Waals surface area contributed by atoms with E-state index in [1.54, 1.807) is 31.2 Å². The molecule has 0 aromatic heterocycles. The molecule has 1 aromatic carbocycles. The fourth-order valence-corrected chi connectivity index (χ4v) is 1.23. The SMILES string of the molecule is CCOC(=O)C#Cc1ccc(C(=O)CC)cc1. The number of benzene rings is 1. The molecule has 0 radical (unpaired) electrons. The van der Waals surface area contributed by atoms with Crippen LogP contribution >= 0.6 is 0 Å². The van der Waals surface area contributed by atoms with Crippen LogP contribution in [0, 0.1) is 11.8 Å². The van der Waals surface area contributed by atoms with Crippen LogP contribution in [0.5, 0.6) is 0 Å². The maximum absolute atomic E-state index is 11.4. The van der Waals surface area contributed by atoms with Crippen LogP contribution in [-0.4, -0.2) is 18.4 Å². The highest BCUT2D eigenvalue weighted by molar-refractivity contribution is 5.96. The van der Waals surface area contributed by atoms with E-state index in [-0.39, 0.29) is 5.78 Å². The van der Waals surface area contributed by atoms with Gasteiger partial charge in [-0.2, -0.15) is 0 Å². The largest absolute Gasteiger partial charge is 0.456 e. The summed E-state index contributed by atoms with van der Waals surface area (Å²) in [4.78, 5) is 22.4. The Labute approximate surface area is 101 Å². The van der Waals surface area contributed by atoms with E-state index in [4.69, 9.17) is 0 Å². The molecule has 0 heterocycles. The van der Waals surface area contributed by atoms with E-state index in [2.05, 4.69) is 16.6 Å². The van der Waals surface area contributed by atoms with Crippen LogP contribution < -0.4 is 0 Å². The maximum atomic E-state index is 11.4. The van der Waals surface area contributed by atoms with E-state index in [1.165, 1.54) is 0 Å². The molecule has 3 heteroatoms. The van der Waals surface area contributed by atoms with Gasteiger partial charge < -0.3 is 4.74 Å². The van der Waals surface area contributed by atoms with E-state index in [0.29, 0.717) is 24.2 Å². The van der Waals surface area contributed by atoms with Gasteiger partial charge in [0.2, 0.25) is 0 Å². The quantitative estimate of drug-likeness (QED) is 0.454. The molecule has 0 aliphatic heterocycles. The number of hydrogen-bond donors (Lipinski definition) is 0. The third-order valence-corrected chi connectivity index (χ3v) is 2.11. The van der Waals surface area contributed by atoms with Gasteiger partial charge in [-0.25, -0.2) is 4.79 Å². The molecular weight excluding hydrogens is 216 g/mol. The summed E-state index contributed by atoms with van der Waals surface area (Å²) in [7, 11) is 0. The molecule has 0 fully saturated rings. The van der Waals surface area contributed by atoms with Gasteiger partial charge in [0.05, 0.1) is 6.61 Å². The highest BCUT2D eigenvalue weighted by atomic mass is 16.5. The van der Waals surface area contributed by atoms with Crippen molar-refractivity contribution in [2.24, 2.45) is 0 Å². The molecule has 0 atom stereocenters. The molecule has 88 valence electrons. The Balaban J connectivity index is 2.75. The Morgan fingerprint density at radius 1 is 1.18 bits per heavy atom. The monoisotopic (exact) mass is 230 g/mol. The van der Waals surface area contributed by atoms with Crippen molar-refractivity contribution in [3.8, 4) is 11.8 Å². The summed E-state index contributed by atoms with van der Waals surface area (Å²) < 4.78 is 4.68. The van der Waals surface area contributed by atoms with Crippen molar-refractivity contribution in [3.05, 3.63) is 35.4 Å². The average molecular weight is 230 g/mol. The highest BCUT2D eigenvalue weighted by Gasteiger charge is 2.01. The number of hydrogen-bond acceptors (Lipinski definition) is 3. The number of ether oxygens (including phenoxy) is 1. The molecular formula is C14H14O3. The zero-order chi connectivity index (χ0) is 12.7. The third-order valence-electron chi connectivity index (χ3n) is 2.11. The van der Waals surface area contributed by atoms with Crippen molar-refractivity contribution in [1.29, 1.82) is 0 Å². The second kappa shape index (κ2) is 6.49. The number of carbonyl (C=O) groups is 2. The first-order valence-electron chi connectivity index (χ1n) is 5.49. The van der Waals surface area contributed by atoms with Gasteiger partial charge in [-0.3, -0.25) is 4.79 Å². The summed E-state index contributed by atoms with van der Waals surface area (Å²) in [6.07, 6.45) is 0.480. The summed E-state index contributed by atoms with van der Waals surface area (Å²) >= 11 is 0. The van der Waals surface area contributed by atoms with Crippen LogP contribution in [0.2, 0.25) is 0 Å². The fraction of sp³-hybridized carbons (Fsp3) is 0.286. The summed E-state index contributed by atoms with van der Waals surface area (Å²) in [5.74, 6) is 4.60. The molecule has 0 unspecified atom stereocenters. The van der Waals surface area contributed by atoms with Crippen molar-refractivity contribution < 1.29 is 14.3 Å². The molecule has 0 spiro atoms. The number of esters is 1. The second-order valence-electron chi connectivity index (χ2n) is 3.32. The minimum atomic E-state index is -0.541. The van der Waals surface area contributed by atoms with E-state index >= 15 is 0 Å². The van der Waals surface area contributed by atoms with Crippen LogP contribution in [0.25, 0.3) is 0 Å². The molecule has 0 aliphatic carbocycles. The van der Waals surface area contributed by atoms with Gasteiger partial charge in [0.1, 0.15) is 0 Å². The highest BCUT2D eigenvalue weighted by Crippen LogP contribution is 2.05. The smallest absolute Gasteiger partial charge is 0.384 e. The Bertz CT molecular complexity index is 460. The lowest BCUT2D eigenvalue weighted by molar-refractivity contribution is -0.136. The zero-order valence-corrected chi connectivity index (χ0v) is 9.95. The van der Waals surface area contributed by atoms with E-state index in [1.807, 2.05) is 6.92 Å². The molecule has 1 rings (SSSR count). The average Bonchev–Trinajstić information content (AvgIpc) is 2.36. The van der Waals surface area contributed by atoms with Crippen LogP contribution in [0.1, 0.15) is 36.2 Å². The predicted molar refractivity (Wildman–Crippen MR) is 64.6 cm³/mol. The fourth-order valence-electron chi connectivity index (χ4n) is 1.23. The van der Waals surface area contributed by atoms with Crippen LogP contribution in [0.4, 0.5) is 0 Å². The summed E-state index contributed by atoms with van der Waals surface area (Å²) in [6, 6.07) is 6.85. The second-order valence-corrected chi connectivity index (χ2v) is 3.32. The Morgan fingerprint density at radius 3 is 2.35 bits per heavy atom. The van der Waals surface area contributed by atoms with Crippen LogP contribution in [-0.2, 0) is 9.53 Å². The van der Waals surface area contributed by atoms with Crippen molar-refractivity contribution in [2.45, 2.75) is 20.3 Å². The van der Waals surface area contributed by atoms with Gasteiger partial charge in [-0.15, -0.1) is 0 Å². The lowest BCUT2D eigenvalue weighted by Gasteiger charge is -1.97. The van der Waals surface area contributed by atoms with Crippen LogP contribution in [0.3, 0.4) is 0 Å². The van der Waals surface area contributed by atoms with E-state index in [0.717, 1.165) is 0 Å². The lowest BCUT2D eigenvalue weighted by atomic mass is 10.1. The Kier molecular flexibility index (Phi) is 4.96. The molecule has 0 saturated carbocycles. The molecule has 0 bridgehead atoms. The van der Waals surface area contributed by atoms with Gasteiger partial charge in [0.15, 0.2) is 5.78 Å². The van der Waals surface area contributed by atoms with Crippen molar-refractivity contribution in [1.82, 2.24) is 0 Å². The Hall–Kier alpha value is -2.08. The van der Waals surface area contributed by atoms with E-state index < -0.39 is 5.97 Å². The van der Waals surface area contributed by atoms with Gasteiger partial charge in [0, 0.05) is 23.5 Å². The summed E-state index contributed by atoms with van der Waals surface area (Å²) in [5.41, 5.74) is 1.35. The normalized spacial score (nSPS) is 9.06. The molecule has 0 aliphatic rings. The molecule has 0 amide bonds. The number of carbonyl (C=O) groups excluding carboxylic acids is 2. The molecule has 0 N–H and O–H groups in total. The number of rotatable bonds is 3. The van der Waals surface area contributed by atoms with Gasteiger partial charge in [-0.05, 0) is 19.1 Å². The first-order chi connectivity index (χ1) is 8.17. The van der Waals surface area contributed by atoms with E-state index in [9.17, 15) is 9.59 Å². The molecule has 3 nitrogen and oxygen atoms in total. The lowest BCUT2D eigenvalue weighted by Crippen LogP contribution is -1.99. The van der Waals surface area contributed by atoms with Gasteiger partial charge in [0.25, 0.3) is 0 Å². The molecule has 0 saturated heterocycles. The topological polar surface area (TPSA) is 43.4 Å². The van der Waals surface area contributed by atoms with Crippen molar-refractivity contribution in [3.63, 3.8) is 0 Å². The third kappa shape index (κ3) is 4.12. The molecule has 17 heavy (non-hydrogen) atoms. The first-order valence-corrected chi connectivity index (χ1v) is 5.49. The number of Topliss-reactive ketones (excluding diaryl/α,β-unsaturated/α-hetero) is 1. The van der Waals surface area contributed by atoms with Gasteiger partial charge >= 0.3 is 5.97 Å². The first kappa shape index (κ1) is 13.0. The van der Waals surface area contributed by atoms with Gasteiger partial charge in [-0.1, -0.05) is 25.0 Å². The van der Waals surface area contributed by atoms with Crippen molar-refractivity contribution in [2.75, 3.05) is 6.61 Å².